The zero-order valence-corrected chi connectivity index (χ0v) is 16.8. The summed E-state index contributed by atoms with van der Waals surface area (Å²) in [6, 6.07) is 8.44. The third-order valence-corrected chi connectivity index (χ3v) is 4.24. The fourth-order valence-electron chi connectivity index (χ4n) is 2.28. The van der Waals surface area contributed by atoms with Crippen LogP contribution in [0.2, 0.25) is 0 Å². The third-order valence-electron chi connectivity index (χ3n) is 3.26. The Morgan fingerprint density at radius 3 is 2.39 bits per heavy atom. The molecule has 0 bridgehead atoms. The van der Waals surface area contributed by atoms with Gasteiger partial charge in [0.25, 0.3) is 0 Å². The molecule has 130 valence electrons. The Morgan fingerprint density at radius 2 is 1.87 bits per heavy atom. The van der Waals surface area contributed by atoms with Crippen molar-refractivity contribution >= 4 is 22.6 Å². The van der Waals surface area contributed by atoms with E-state index >= 15 is 0 Å². The SMILES string of the molecule is C=C(NC(C)C)O[C@@H](C(C)C)[C@@H](OCOC)c1ccccc1I. The van der Waals surface area contributed by atoms with E-state index < -0.39 is 0 Å². The van der Waals surface area contributed by atoms with Crippen molar-refractivity contribution < 1.29 is 14.2 Å². The molecule has 0 saturated carbocycles. The second-order valence-electron chi connectivity index (χ2n) is 6.06. The zero-order valence-electron chi connectivity index (χ0n) is 14.6. The van der Waals surface area contributed by atoms with E-state index in [1.807, 2.05) is 12.1 Å². The molecule has 0 saturated heterocycles. The summed E-state index contributed by atoms with van der Waals surface area (Å²) in [5, 5.41) is 3.20. The van der Waals surface area contributed by atoms with Gasteiger partial charge in [0.05, 0.1) is 0 Å². The van der Waals surface area contributed by atoms with E-state index in [1.54, 1.807) is 7.11 Å². The van der Waals surface area contributed by atoms with Crippen LogP contribution in [0.15, 0.2) is 36.7 Å². The molecule has 0 aliphatic heterocycles. The van der Waals surface area contributed by atoms with Crippen LogP contribution in [0.3, 0.4) is 0 Å². The molecule has 23 heavy (non-hydrogen) atoms. The highest BCUT2D eigenvalue weighted by atomic mass is 127. The minimum atomic E-state index is -0.228. The molecule has 0 aliphatic rings. The molecule has 0 aliphatic carbocycles. The first-order valence-corrected chi connectivity index (χ1v) is 8.91. The number of ether oxygens (including phenoxy) is 3. The molecule has 0 spiro atoms. The van der Waals surface area contributed by atoms with Gasteiger partial charge in [-0.15, -0.1) is 0 Å². The monoisotopic (exact) mass is 433 g/mol. The average molecular weight is 433 g/mol. The normalized spacial score (nSPS) is 13.9. The van der Waals surface area contributed by atoms with Crippen LogP contribution < -0.4 is 5.32 Å². The zero-order chi connectivity index (χ0) is 17.4. The number of methoxy groups -OCH3 is 1. The maximum Gasteiger partial charge on any atom is 0.179 e. The minimum Gasteiger partial charge on any atom is -0.473 e. The van der Waals surface area contributed by atoms with Crippen molar-refractivity contribution in [1.29, 1.82) is 0 Å². The van der Waals surface area contributed by atoms with Gasteiger partial charge in [0, 0.05) is 16.7 Å². The molecule has 0 unspecified atom stereocenters. The summed E-state index contributed by atoms with van der Waals surface area (Å²) in [5.41, 5.74) is 1.10. The van der Waals surface area contributed by atoms with Crippen molar-refractivity contribution in [2.75, 3.05) is 13.9 Å². The summed E-state index contributed by atoms with van der Waals surface area (Å²) in [4.78, 5) is 0. The molecular weight excluding hydrogens is 405 g/mol. The predicted molar refractivity (Wildman–Crippen MR) is 102 cm³/mol. The fourth-order valence-corrected chi connectivity index (χ4v) is 2.97. The van der Waals surface area contributed by atoms with Crippen LogP contribution in [0.4, 0.5) is 0 Å². The third kappa shape index (κ3) is 6.69. The van der Waals surface area contributed by atoms with Gasteiger partial charge in [0.1, 0.15) is 19.0 Å². The van der Waals surface area contributed by atoms with Gasteiger partial charge in [-0.3, -0.25) is 0 Å². The van der Waals surface area contributed by atoms with E-state index in [1.165, 1.54) is 0 Å². The van der Waals surface area contributed by atoms with Crippen LogP contribution in [0.5, 0.6) is 0 Å². The first-order valence-electron chi connectivity index (χ1n) is 7.83. The molecule has 0 fully saturated rings. The van der Waals surface area contributed by atoms with Crippen LogP contribution in [-0.4, -0.2) is 26.0 Å². The summed E-state index contributed by atoms with van der Waals surface area (Å²) >= 11 is 2.32. The molecule has 1 rings (SSSR count). The predicted octanol–water partition coefficient (Wildman–Crippen LogP) is 4.46. The lowest BCUT2D eigenvalue weighted by atomic mass is 9.95. The van der Waals surface area contributed by atoms with E-state index in [2.05, 4.69) is 74.3 Å². The molecule has 0 aromatic heterocycles. The maximum absolute atomic E-state index is 6.10. The Kier molecular flexibility index (Phi) is 8.94. The lowest BCUT2D eigenvalue weighted by Crippen LogP contribution is -2.34. The van der Waals surface area contributed by atoms with Gasteiger partial charge >= 0.3 is 0 Å². The number of halogens is 1. The molecule has 1 N–H and O–H groups in total. The highest BCUT2D eigenvalue weighted by Crippen LogP contribution is 2.32. The maximum atomic E-state index is 6.10. The second-order valence-corrected chi connectivity index (χ2v) is 7.23. The van der Waals surface area contributed by atoms with Crippen molar-refractivity contribution in [3.63, 3.8) is 0 Å². The highest BCUT2D eigenvalue weighted by Gasteiger charge is 2.30. The van der Waals surface area contributed by atoms with E-state index in [0.29, 0.717) is 5.88 Å². The van der Waals surface area contributed by atoms with Gasteiger partial charge in [-0.25, -0.2) is 0 Å². The second kappa shape index (κ2) is 10.2. The molecule has 0 radical (unpaired) electrons. The Morgan fingerprint density at radius 1 is 1.22 bits per heavy atom. The largest absolute Gasteiger partial charge is 0.473 e. The van der Waals surface area contributed by atoms with Crippen molar-refractivity contribution in [3.8, 4) is 0 Å². The van der Waals surface area contributed by atoms with E-state index in [9.17, 15) is 0 Å². The lowest BCUT2D eigenvalue weighted by molar-refractivity contribution is -0.132. The highest BCUT2D eigenvalue weighted by molar-refractivity contribution is 14.1. The molecule has 0 amide bonds. The molecule has 0 heterocycles. The molecule has 5 heteroatoms. The van der Waals surface area contributed by atoms with Crippen LogP contribution >= 0.6 is 22.6 Å². The first kappa shape index (κ1) is 20.3. The summed E-state index contributed by atoms with van der Waals surface area (Å²) in [7, 11) is 1.62. The van der Waals surface area contributed by atoms with Crippen molar-refractivity contribution in [2.45, 2.75) is 45.9 Å². The van der Waals surface area contributed by atoms with Crippen LogP contribution in [-0.2, 0) is 14.2 Å². The molecule has 1 aromatic carbocycles. The van der Waals surface area contributed by atoms with E-state index in [4.69, 9.17) is 14.2 Å². The van der Waals surface area contributed by atoms with Gasteiger partial charge < -0.3 is 19.5 Å². The topological polar surface area (TPSA) is 39.7 Å². The van der Waals surface area contributed by atoms with Crippen molar-refractivity contribution in [3.05, 3.63) is 45.9 Å². The first-order chi connectivity index (χ1) is 10.9. The number of hydrogen-bond acceptors (Lipinski definition) is 4. The summed E-state index contributed by atoms with van der Waals surface area (Å²) in [6.07, 6.45) is -0.395. The summed E-state index contributed by atoms with van der Waals surface area (Å²) in [6.45, 7) is 12.5. The Bertz CT molecular complexity index is 491. The Hall–Kier alpha value is -0.790. The number of rotatable bonds is 10. The van der Waals surface area contributed by atoms with Crippen molar-refractivity contribution in [1.82, 2.24) is 5.32 Å². The Labute approximate surface area is 153 Å². The quantitative estimate of drug-likeness (QED) is 0.336. The smallest absolute Gasteiger partial charge is 0.179 e. The van der Waals surface area contributed by atoms with Gasteiger partial charge in [-0.05, 0) is 60.6 Å². The number of nitrogens with one attached hydrogen (secondary N) is 1. The standard InChI is InChI=1S/C18H28INO3/c1-12(2)17(23-14(5)20-13(3)4)18(22-11-21-6)15-9-7-8-10-16(15)19/h7-10,12-13,17-18,20H,5,11H2,1-4,6H3/t17-,18-/m0/s1. The Balaban J connectivity index is 3.04. The van der Waals surface area contributed by atoms with Gasteiger partial charge in [-0.1, -0.05) is 32.0 Å². The lowest BCUT2D eigenvalue weighted by Gasteiger charge is -2.32. The molecule has 1 aromatic rings. The van der Waals surface area contributed by atoms with Crippen LogP contribution in [0, 0.1) is 9.49 Å². The number of hydrogen-bond donors (Lipinski definition) is 1. The van der Waals surface area contributed by atoms with Gasteiger partial charge in [-0.2, -0.15) is 0 Å². The molecular formula is C18H28INO3. The van der Waals surface area contributed by atoms with Crippen LogP contribution in [0.25, 0.3) is 0 Å². The average Bonchev–Trinajstić information content (AvgIpc) is 2.46. The van der Waals surface area contributed by atoms with Gasteiger partial charge in [0.15, 0.2) is 5.88 Å². The van der Waals surface area contributed by atoms with E-state index in [-0.39, 0.29) is 31.0 Å². The molecule has 2 atom stereocenters. The molecule has 4 nitrogen and oxygen atoms in total. The fraction of sp³-hybridized carbons (Fsp3) is 0.556. The number of benzene rings is 1. The van der Waals surface area contributed by atoms with E-state index in [0.717, 1.165) is 9.13 Å². The van der Waals surface area contributed by atoms with Gasteiger partial charge in [0.2, 0.25) is 0 Å². The minimum absolute atomic E-state index is 0.167. The van der Waals surface area contributed by atoms with Crippen molar-refractivity contribution in [2.24, 2.45) is 5.92 Å². The summed E-state index contributed by atoms with van der Waals surface area (Å²) in [5.74, 6) is 0.814. The van der Waals surface area contributed by atoms with Crippen LogP contribution in [0.1, 0.15) is 39.4 Å². The summed E-state index contributed by atoms with van der Waals surface area (Å²) < 4.78 is 18.3.